The van der Waals surface area contributed by atoms with Gasteiger partial charge in [0.2, 0.25) is 0 Å². The van der Waals surface area contributed by atoms with Crippen LogP contribution in [-0.4, -0.2) is 28.7 Å². The lowest BCUT2D eigenvalue weighted by molar-refractivity contribution is -0.154. The predicted octanol–water partition coefficient (Wildman–Crippen LogP) is 4.90. The quantitative estimate of drug-likeness (QED) is 0.652. The van der Waals surface area contributed by atoms with E-state index in [0.29, 0.717) is 23.7 Å². The molecule has 0 bridgehead atoms. The summed E-state index contributed by atoms with van der Waals surface area (Å²) < 4.78 is 6.48. The van der Waals surface area contributed by atoms with E-state index < -0.39 is 0 Å². The Balaban J connectivity index is 1.40. The Kier molecular flexibility index (Phi) is 3.57. The van der Waals surface area contributed by atoms with Gasteiger partial charge in [0.05, 0.1) is 12.2 Å². The molecule has 1 spiro atoms. The number of aliphatic hydroxyl groups excluding tert-OH is 1. The number of fused-ring (bicyclic) bond motifs is 6. The topological polar surface area (TPSA) is 49.8 Å². The average molecular weight is 387 g/mol. The van der Waals surface area contributed by atoms with Crippen LogP contribution in [0.3, 0.4) is 0 Å². The monoisotopic (exact) mass is 386 g/mol. The third-order valence-corrected chi connectivity index (χ3v) is 11.7. The van der Waals surface area contributed by atoms with Crippen LogP contribution in [0.25, 0.3) is 0 Å². The Bertz CT molecular complexity index is 719. The first-order valence-electron chi connectivity index (χ1n) is 12.2. The molecule has 0 radical (unpaired) electrons. The van der Waals surface area contributed by atoms with Crippen LogP contribution in [0.15, 0.2) is 0 Å². The van der Waals surface area contributed by atoms with Crippen molar-refractivity contribution in [2.75, 3.05) is 0 Å². The van der Waals surface area contributed by atoms with Gasteiger partial charge in [-0.15, -0.1) is 0 Å². The van der Waals surface area contributed by atoms with Crippen LogP contribution in [0.5, 0.6) is 0 Å². The molecule has 1 saturated heterocycles. The van der Waals surface area contributed by atoms with E-state index >= 15 is 0 Å². The van der Waals surface area contributed by atoms with Gasteiger partial charge < -0.3 is 9.84 Å². The molecule has 5 saturated carbocycles. The van der Waals surface area contributed by atoms with Gasteiger partial charge >= 0.3 is 0 Å². The van der Waals surface area contributed by atoms with Crippen LogP contribution < -0.4 is 0 Å². The Morgan fingerprint density at radius 1 is 0.964 bits per heavy atom. The zero-order valence-corrected chi connectivity index (χ0v) is 18.0. The van der Waals surface area contributed by atoms with Gasteiger partial charge in [-0.3, -0.25) is 4.79 Å². The first-order chi connectivity index (χ1) is 13.3. The fourth-order valence-electron chi connectivity index (χ4n) is 10.5. The molecule has 0 aromatic rings. The minimum absolute atomic E-state index is 0.0246. The molecular weight excluding hydrogens is 348 g/mol. The fourth-order valence-corrected chi connectivity index (χ4v) is 10.5. The van der Waals surface area contributed by atoms with E-state index in [0.717, 1.165) is 37.5 Å². The summed E-state index contributed by atoms with van der Waals surface area (Å²) in [5.41, 5.74) is 0.371. The third-order valence-electron chi connectivity index (χ3n) is 11.7. The molecule has 3 nitrogen and oxygen atoms in total. The fraction of sp³-hybridized carbons (Fsp3) is 0.960. The molecule has 10 atom stereocenters. The van der Waals surface area contributed by atoms with Gasteiger partial charge in [0.25, 0.3) is 0 Å². The lowest BCUT2D eigenvalue weighted by Crippen LogP contribution is -2.60. The molecule has 156 valence electrons. The number of ketones is 1. The largest absolute Gasteiger partial charge is 0.393 e. The van der Waals surface area contributed by atoms with Gasteiger partial charge in [-0.1, -0.05) is 26.7 Å². The van der Waals surface area contributed by atoms with E-state index in [1.54, 1.807) is 0 Å². The maximum atomic E-state index is 13.2. The smallest absolute Gasteiger partial charge is 0.136 e. The van der Waals surface area contributed by atoms with Crippen molar-refractivity contribution in [3.8, 4) is 0 Å². The van der Waals surface area contributed by atoms with Crippen LogP contribution in [0.1, 0.15) is 91.4 Å². The zero-order valence-electron chi connectivity index (χ0n) is 18.0. The molecule has 1 aliphatic heterocycles. The predicted molar refractivity (Wildman–Crippen MR) is 108 cm³/mol. The first kappa shape index (κ1) is 18.4. The molecule has 28 heavy (non-hydrogen) atoms. The Morgan fingerprint density at radius 2 is 1.75 bits per heavy atom. The second-order valence-corrected chi connectivity index (χ2v) is 12.1. The number of carbonyl (C=O) groups excluding carboxylic acids is 1. The van der Waals surface area contributed by atoms with Gasteiger partial charge in [0.15, 0.2) is 0 Å². The van der Waals surface area contributed by atoms with E-state index in [1.165, 1.54) is 44.9 Å². The standard InChI is InChI=1S/C25H38O3/c1-15(26)24-9-5-4-6-16(24)12-20-18-13-21-25(28-21)14-17(27)7-10-23(25,3)19(18)8-11-22(20,24)2/h16-21,27H,4-14H2,1-3H3/t16-,17-,18+,19-,20+,21-,22-,23+,24-,25-/m0/s1. The maximum absolute atomic E-state index is 13.2. The summed E-state index contributed by atoms with van der Waals surface area (Å²) in [6, 6.07) is 0. The van der Waals surface area contributed by atoms with Crippen molar-refractivity contribution in [2.45, 2.75) is 109 Å². The van der Waals surface area contributed by atoms with Gasteiger partial charge in [0.1, 0.15) is 11.4 Å². The molecule has 0 unspecified atom stereocenters. The molecule has 6 rings (SSSR count). The molecule has 0 aromatic carbocycles. The summed E-state index contributed by atoms with van der Waals surface area (Å²) in [5, 5.41) is 10.4. The summed E-state index contributed by atoms with van der Waals surface area (Å²) in [5.74, 6) is 3.27. The van der Waals surface area contributed by atoms with Crippen molar-refractivity contribution in [1.29, 1.82) is 0 Å². The van der Waals surface area contributed by atoms with Crippen LogP contribution in [0.2, 0.25) is 0 Å². The summed E-state index contributed by atoms with van der Waals surface area (Å²) in [6.45, 7) is 6.93. The average Bonchev–Trinajstić information content (AvgIpc) is 3.27. The number of epoxide rings is 1. The molecule has 0 amide bonds. The highest BCUT2D eigenvalue weighted by Crippen LogP contribution is 2.77. The molecular formula is C25H38O3. The van der Waals surface area contributed by atoms with Gasteiger partial charge in [-0.25, -0.2) is 0 Å². The molecule has 3 heteroatoms. The van der Waals surface area contributed by atoms with E-state index in [-0.39, 0.29) is 27.9 Å². The summed E-state index contributed by atoms with van der Waals surface area (Å²) in [7, 11) is 0. The van der Waals surface area contributed by atoms with Crippen molar-refractivity contribution in [1.82, 2.24) is 0 Å². The summed E-state index contributed by atoms with van der Waals surface area (Å²) in [4.78, 5) is 13.2. The highest BCUT2D eigenvalue weighted by atomic mass is 16.6. The molecule has 0 aromatic heterocycles. The number of hydrogen-bond acceptors (Lipinski definition) is 3. The number of rotatable bonds is 1. The van der Waals surface area contributed by atoms with Gasteiger partial charge in [0, 0.05) is 17.3 Å². The highest BCUT2D eigenvalue weighted by Gasteiger charge is 2.77. The summed E-state index contributed by atoms with van der Waals surface area (Å²) >= 11 is 0. The lowest BCUT2D eigenvalue weighted by Gasteiger charge is -2.61. The SMILES string of the molecule is CC(=O)[C@@]12CCCC[C@H]1C[C@@H]1[C@@H]3C[C@@H]4O[C@@]45C[C@@H](O)CC[C@]5(C)[C@H]3CC[C@@]12C. The number of ether oxygens (including phenoxy) is 1. The first-order valence-corrected chi connectivity index (χ1v) is 12.2. The van der Waals surface area contributed by atoms with Crippen LogP contribution >= 0.6 is 0 Å². The van der Waals surface area contributed by atoms with Crippen molar-refractivity contribution in [2.24, 2.45) is 39.9 Å². The Hall–Kier alpha value is -0.410. The molecule has 1 heterocycles. The number of hydrogen-bond donors (Lipinski definition) is 1. The normalized spacial score (nSPS) is 62.0. The molecule has 6 aliphatic rings. The van der Waals surface area contributed by atoms with Crippen LogP contribution in [0, 0.1) is 39.9 Å². The second-order valence-electron chi connectivity index (χ2n) is 12.1. The zero-order chi connectivity index (χ0) is 19.5. The Morgan fingerprint density at radius 3 is 2.54 bits per heavy atom. The summed E-state index contributed by atoms with van der Waals surface area (Å²) in [6.07, 6.45) is 13.1. The number of aliphatic hydroxyl groups is 1. The minimum Gasteiger partial charge on any atom is -0.393 e. The van der Waals surface area contributed by atoms with E-state index in [1.807, 2.05) is 6.92 Å². The van der Waals surface area contributed by atoms with Gasteiger partial charge in [-0.2, -0.15) is 0 Å². The van der Waals surface area contributed by atoms with Crippen LogP contribution in [-0.2, 0) is 9.53 Å². The molecule has 1 N–H and O–H groups in total. The van der Waals surface area contributed by atoms with Gasteiger partial charge in [-0.05, 0) is 87.4 Å². The van der Waals surface area contributed by atoms with E-state index in [9.17, 15) is 9.90 Å². The van der Waals surface area contributed by atoms with Crippen molar-refractivity contribution in [3.05, 3.63) is 0 Å². The maximum Gasteiger partial charge on any atom is 0.136 e. The number of Topliss-reactive ketones (excluding diaryl/α,β-unsaturated/α-hetero) is 1. The van der Waals surface area contributed by atoms with Crippen molar-refractivity contribution >= 4 is 5.78 Å². The van der Waals surface area contributed by atoms with E-state index in [2.05, 4.69) is 13.8 Å². The minimum atomic E-state index is -0.168. The van der Waals surface area contributed by atoms with Crippen LogP contribution in [0.4, 0.5) is 0 Å². The van der Waals surface area contributed by atoms with E-state index in [4.69, 9.17) is 4.74 Å². The molecule has 5 aliphatic carbocycles. The highest BCUT2D eigenvalue weighted by molar-refractivity contribution is 5.84. The van der Waals surface area contributed by atoms with Crippen molar-refractivity contribution in [3.63, 3.8) is 0 Å². The lowest BCUT2D eigenvalue weighted by atomic mass is 9.42. The molecule has 6 fully saturated rings. The third kappa shape index (κ3) is 1.84. The van der Waals surface area contributed by atoms with Crippen molar-refractivity contribution < 1.29 is 14.6 Å². The second kappa shape index (κ2) is 5.44. The Labute approximate surface area is 170 Å². The number of carbonyl (C=O) groups is 1.